The van der Waals surface area contributed by atoms with Crippen LogP contribution in [0.3, 0.4) is 0 Å². The number of aldehydes is 1. The normalized spacial score (nSPS) is 19.9. The van der Waals surface area contributed by atoms with Gasteiger partial charge in [-0.15, -0.1) is 0 Å². The number of pyridine rings is 1. The van der Waals surface area contributed by atoms with Crippen molar-refractivity contribution in [3.8, 4) is 0 Å². The zero-order valence-electron chi connectivity index (χ0n) is 18.4. The van der Waals surface area contributed by atoms with Crippen LogP contribution in [0.2, 0.25) is 0 Å². The third-order valence-electron chi connectivity index (χ3n) is 6.71. The van der Waals surface area contributed by atoms with Crippen molar-refractivity contribution < 1.29 is 14.3 Å². The Kier molecular flexibility index (Phi) is 5.62. The van der Waals surface area contributed by atoms with Crippen molar-refractivity contribution >= 4 is 17.9 Å². The van der Waals surface area contributed by atoms with Crippen molar-refractivity contribution in [1.82, 2.24) is 14.2 Å². The van der Waals surface area contributed by atoms with Crippen LogP contribution in [0.5, 0.6) is 0 Å². The number of nitrogens with zero attached hydrogens (tertiary/aromatic N) is 3. The lowest BCUT2D eigenvalue weighted by atomic mass is 9.71. The standard InChI is InChI=1S/C24H33N3O3/c1-23(2,3)30-22(29)26-14-9-24(10-15-26)7-12-25(13-8-24)17-21-19(18-28)16-20-6-4-5-11-27(20)21/h4-6,11,16,18H,7-10,12-15,17H2,1-3H3. The second-order valence-electron chi connectivity index (χ2n) is 9.90. The summed E-state index contributed by atoms with van der Waals surface area (Å²) in [4.78, 5) is 28.3. The zero-order chi connectivity index (χ0) is 21.4. The summed E-state index contributed by atoms with van der Waals surface area (Å²) in [5.41, 5.74) is 2.83. The molecule has 2 aliphatic heterocycles. The van der Waals surface area contributed by atoms with E-state index in [1.807, 2.05) is 56.1 Å². The number of aromatic nitrogens is 1. The SMILES string of the molecule is CC(C)(C)OC(=O)N1CCC2(CCN(Cc3c(C=O)cc4ccccn34)CC2)CC1. The third kappa shape index (κ3) is 4.38. The molecule has 1 spiro atoms. The molecule has 1 amide bonds. The van der Waals surface area contributed by atoms with Crippen molar-refractivity contribution in [3.63, 3.8) is 0 Å². The second-order valence-corrected chi connectivity index (χ2v) is 9.90. The maximum absolute atomic E-state index is 12.3. The topological polar surface area (TPSA) is 54.3 Å². The summed E-state index contributed by atoms with van der Waals surface area (Å²) < 4.78 is 7.67. The van der Waals surface area contributed by atoms with Crippen molar-refractivity contribution in [3.05, 3.63) is 41.7 Å². The Morgan fingerprint density at radius 3 is 2.40 bits per heavy atom. The fraction of sp³-hybridized carbons (Fsp3) is 0.583. The highest BCUT2D eigenvalue weighted by Gasteiger charge is 2.39. The van der Waals surface area contributed by atoms with E-state index < -0.39 is 5.60 Å². The number of amides is 1. The molecule has 2 aromatic rings. The first-order valence-corrected chi connectivity index (χ1v) is 11.0. The number of piperidine rings is 2. The minimum atomic E-state index is -0.444. The van der Waals surface area contributed by atoms with Crippen LogP contribution < -0.4 is 0 Å². The zero-order valence-corrected chi connectivity index (χ0v) is 18.4. The number of fused-ring (bicyclic) bond motifs is 1. The van der Waals surface area contributed by atoms with Crippen LogP contribution in [-0.2, 0) is 11.3 Å². The van der Waals surface area contributed by atoms with E-state index in [0.29, 0.717) is 5.41 Å². The molecule has 2 saturated heterocycles. The highest BCUT2D eigenvalue weighted by atomic mass is 16.6. The monoisotopic (exact) mass is 411 g/mol. The van der Waals surface area contributed by atoms with E-state index in [2.05, 4.69) is 9.30 Å². The average molecular weight is 412 g/mol. The summed E-state index contributed by atoms with van der Waals surface area (Å²) in [6, 6.07) is 8.02. The molecule has 4 heterocycles. The Labute approximate surface area is 178 Å². The first kappa shape index (κ1) is 20.9. The molecule has 0 saturated carbocycles. The molecule has 162 valence electrons. The molecule has 2 aromatic heterocycles. The predicted octanol–water partition coefficient (Wildman–Crippen LogP) is 4.36. The number of rotatable bonds is 3. The molecule has 0 unspecified atom stereocenters. The van der Waals surface area contributed by atoms with Gasteiger partial charge in [-0.25, -0.2) is 4.79 Å². The van der Waals surface area contributed by atoms with E-state index >= 15 is 0 Å². The van der Waals surface area contributed by atoms with Gasteiger partial charge < -0.3 is 14.0 Å². The van der Waals surface area contributed by atoms with Gasteiger partial charge in [-0.1, -0.05) is 6.07 Å². The fourth-order valence-corrected chi connectivity index (χ4v) is 4.86. The van der Waals surface area contributed by atoms with Gasteiger partial charge >= 0.3 is 6.09 Å². The van der Waals surface area contributed by atoms with Crippen LogP contribution >= 0.6 is 0 Å². The van der Waals surface area contributed by atoms with Crippen molar-refractivity contribution in [2.75, 3.05) is 26.2 Å². The van der Waals surface area contributed by atoms with Crippen LogP contribution in [0.4, 0.5) is 4.79 Å². The molecule has 4 rings (SSSR count). The maximum Gasteiger partial charge on any atom is 0.410 e. The summed E-state index contributed by atoms with van der Waals surface area (Å²) in [5, 5.41) is 0. The number of carbonyl (C=O) groups is 2. The number of ether oxygens (including phenoxy) is 1. The van der Waals surface area contributed by atoms with E-state index in [1.165, 1.54) is 0 Å². The minimum absolute atomic E-state index is 0.184. The summed E-state index contributed by atoms with van der Waals surface area (Å²) in [5.74, 6) is 0. The minimum Gasteiger partial charge on any atom is -0.444 e. The molecular weight excluding hydrogens is 378 g/mol. The molecule has 2 aliphatic rings. The summed E-state index contributed by atoms with van der Waals surface area (Å²) in [6.45, 7) is 10.2. The van der Waals surface area contributed by atoms with E-state index in [9.17, 15) is 9.59 Å². The number of hydrogen-bond donors (Lipinski definition) is 0. The van der Waals surface area contributed by atoms with Gasteiger partial charge in [0.2, 0.25) is 0 Å². The van der Waals surface area contributed by atoms with Crippen LogP contribution in [0, 0.1) is 5.41 Å². The van der Waals surface area contributed by atoms with Gasteiger partial charge in [0, 0.05) is 42.6 Å². The fourth-order valence-electron chi connectivity index (χ4n) is 4.86. The van der Waals surface area contributed by atoms with E-state index in [0.717, 1.165) is 81.5 Å². The van der Waals surface area contributed by atoms with Gasteiger partial charge in [0.15, 0.2) is 6.29 Å². The first-order valence-electron chi connectivity index (χ1n) is 11.0. The van der Waals surface area contributed by atoms with Crippen molar-refractivity contribution in [2.24, 2.45) is 5.41 Å². The van der Waals surface area contributed by atoms with Crippen LogP contribution in [0.25, 0.3) is 5.52 Å². The molecule has 0 bridgehead atoms. The molecular formula is C24H33N3O3. The number of likely N-dealkylation sites (tertiary alicyclic amines) is 2. The van der Waals surface area contributed by atoms with Crippen molar-refractivity contribution in [2.45, 2.75) is 58.6 Å². The molecule has 0 aliphatic carbocycles. The Morgan fingerprint density at radius 2 is 1.77 bits per heavy atom. The Bertz CT molecular complexity index is 909. The summed E-state index contributed by atoms with van der Waals surface area (Å²) in [6.07, 6.45) is 7.22. The summed E-state index contributed by atoms with van der Waals surface area (Å²) >= 11 is 0. The maximum atomic E-state index is 12.3. The molecule has 2 fully saturated rings. The molecule has 30 heavy (non-hydrogen) atoms. The molecule has 0 N–H and O–H groups in total. The third-order valence-corrected chi connectivity index (χ3v) is 6.71. The molecule has 0 aromatic carbocycles. The van der Waals surface area contributed by atoms with Crippen LogP contribution in [-0.4, -0.2) is 58.4 Å². The van der Waals surface area contributed by atoms with Gasteiger partial charge in [0.05, 0.1) is 0 Å². The highest BCUT2D eigenvalue weighted by molar-refractivity contribution is 5.80. The second kappa shape index (κ2) is 8.06. The lowest BCUT2D eigenvalue weighted by Crippen LogP contribution is -2.49. The summed E-state index contributed by atoms with van der Waals surface area (Å²) in [7, 11) is 0. The lowest BCUT2D eigenvalue weighted by Gasteiger charge is -2.46. The Morgan fingerprint density at radius 1 is 1.10 bits per heavy atom. The average Bonchev–Trinajstić information content (AvgIpc) is 3.07. The van der Waals surface area contributed by atoms with Crippen molar-refractivity contribution in [1.29, 1.82) is 0 Å². The predicted molar refractivity (Wildman–Crippen MR) is 117 cm³/mol. The highest BCUT2D eigenvalue weighted by Crippen LogP contribution is 2.41. The van der Waals surface area contributed by atoms with Gasteiger partial charge in [-0.3, -0.25) is 9.69 Å². The van der Waals surface area contributed by atoms with Crippen LogP contribution in [0.1, 0.15) is 62.5 Å². The van der Waals surface area contributed by atoms with Gasteiger partial charge in [0.25, 0.3) is 0 Å². The van der Waals surface area contributed by atoms with E-state index in [4.69, 9.17) is 4.74 Å². The van der Waals surface area contributed by atoms with E-state index in [-0.39, 0.29) is 6.09 Å². The molecule has 6 nitrogen and oxygen atoms in total. The smallest absolute Gasteiger partial charge is 0.410 e. The van der Waals surface area contributed by atoms with E-state index in [1.54, 1.807) is 0 Å². The molecule has 0 atom stereocenters. The van der Waals surface area contributed by atoms with Gasteiger partial charge in [-0.05, 0) is 83.2 Å². The number of carbonyl (C=O) groups excluding carboxylic acids is 2. The van der Waals surface area contributed by atoms with Gasteiger partial charge in [-0.2, -0.15) is 0 Å². The number of hydrogen-bond acceptors (Lipinski definition) is 4. The van der Waals surface area contributed by atoms with Gasteiger partial charge in [0.1, 0.15) is 5.60 Å². The van der Waals surface area contributed by atoms with Crippen LogP contribution in [0.15, 0.2) is 30.5 Å². The molecule has 0 radical (unpaired) electrons. The Hall–Kier alpha value is -2.34. The Balaban J connectivity index is 1.34. The molecule has 6 heteroatoms. The quantitative estimate of drug-likeness (QED) is 0.704. The lowest BCUT2D eigenvalue weighted by molar-refractivity contribution is -0.00326. The first-order chi connectivity index (χ1) is 14.3. The largest absolute Gasteiger partial charge is 0.444 e.